The molecule has 1 aliphatic heterocycles. The molecule has 168 valence electrons. The summed E-state index contributed by atoms with van der Waals surface area (Å²) in [5.41, 5.74) is 2.05. The van der Waals surface area contributed by atoms with Crippen LogP contribution in [0.4, 0.5) is 5.69 Å². The number of phenolic OH excluding ortho intramolecular Hbond substituents is 1. The number of ketones is 1. The summed E-state index contributed by atoms with van der Waals surface area (Å²) in [6.45, 7) is 3.89. The number of aliphatic hydroxyl groups excluding tert-OH is 1. The van der Waals surface area contributed by atoms with Crippen LogP contribution in [0.3, 0.4) is 0 Å². The first-order chi connectivity index (χ1) is 15.8. The van der Waals surface area contributed by atoms with E-state index in [9.17, 15) is 19.8 Å². The fourth-order valence-corrected chi connectivity index (χ4v) is 4.24. The van der Waals surface area contributed by atoms with Crippen LogP contribution < -0.4 is 9.64 Å². The number of benzene rings is 3. The molecule has 7 heteroatoms. The van der Waals surface area contributed by atoms with Crippen molar-refractivity contribution in [1.29, 1.82) is 0 Å². The molecule has 1 amide bonds. The van der Waals surface area contributed by atoms with E-state index < -0.39 is 17.7 Å². The van der Waals surface area contributed by atoms with Crippen LogP contribution in [0.2, 0.25) is 5.02 Å². The molecule has 1 atom stereocenters. The van der Waals surface area contributed by atoms with E-state index in [4.69, 9.17) is 16.3 Å². The minimum absolute atomic E-state index is 0.0475. The second-order valence-corrected chi connectivity index (χ2v) is 8.06. The summed E-state index contributed by atoms with van der Waals surface area (Å²) in [6, 6.07) is 17.3. The molecular formula is C26H22ClNO5. The summed E-state index contributed by atoms with van der Waals surface area (Å²) in [7, 11) is 0. The number of halogens is 1. The number of aliphatic hydroxyl groups is 1. The summed E-state index contributed by atoms with van der Waals surface area (Å²) in [5, 5.41) is 21.8. The van der Waals surface area contributed by atoms with Gasteiger partial charge in [-0.3, -0.25) is 14.5 Å². The first-order valence-corrected chi connectivity index (χ1v) is 10.8. The molecule has 1 saturated heterocycles. The lowest BCUT2D eigenvalue weighted by Gasteiger charge is -2.27. The predicted octanol–water partition coefficient (Wildman–Crippen LogP) is 5.38. The molecule has 6 nitrogen and oxygen atoms in total. The molecule has 2 N–H and O–H groups in total. The number of hydrogen-bond donors (Lipinski definition) is 2. The molecule has 1 heterocycles. The van der Waals surface area contributed by atoms with Crippen molar-refractivity contribution in [3.63, 3.8) is 0 Å². The highest BCUT2D eigenvalue weighted by atomic mass is 35.5. The van der Waals surface area contributed by atoms with E-state index in [1.54, 1.807) is 74.5 Å². The van der Waals surface area contributed by atoms with Gasteiger partial charge in [0.1, 0.15) is 5.76 Å². The van der Waals surface area contributed by atoms with Crippen LogP contribution in [-0.2, 0) is 9.59 Å². The Morgan fingerprint density at radius 3 is 2.45 bits per heavy atom. The van der Waals surface area contributed by atoms with Gasteiger partial charge in [-0.05, 0) is 55.3 Å². The number of aryl methyl sites for hydroxylation is 1. The van der Waals surface area contributed by atoms with Crippen LogP contribution in [0.25, 0.3) is 5.76 Å². The van der Waals surface area contributed by atoms with Gasteiger partial charge in [-0.25, -0.2) is 0 Å². The number of rotatable bonds is 5. The Morgan fingerprint density at radius 1 is 1.06 bits per heavy atom. The number of phenols is 1. The van der Waals surface area contributed by atoms with Crippen LogP contribution in [0.5, 0.6) is 11.5 Å². The highest BCUT2D eigenvalue weighted by molar-refractivity contribution is 6.51. The van der Waals surface area contributed by atoms with Gasteiger partial charge in [-0.2, -0.15) is 0 Å². The largest absolute Gasteiger partial charge is 0.507 e. The highest BCUT2D eigenvalue weighted by Gasteiger charge is 2.47. The molecule has 1 aliphatic rings. The molecule has 0 radical (unpaired) electrons. The number of ether oxygens (including phenoxy) is 1. The standard InChI is InChI=1S/C26H22ClNO5/c1-3-33-21-14-17(9-12-20(21)29)23-22(24(30)16-7-5-4-6-8-16)25(31)26(32)28(23)19-11-10-18(27)13-15(19)2/h4-14,23,29-30H,3H2,1-2H3/b24-22+. The predicted molar refractivity (Wildman–Crippen MR) is 127 cm³/mol. The van der Waals surface area contributed by atoms with E-state index in [0.29, 0.717) is 34.0 Å². The zero-order chi connectivity index (χ0) is 23.7. The Hall–Kier alpha value is -3.77. The van der Waals surface area contributed by atoms with Gasteiger partial charge < -0.3 is 14.9 Å². The van der Waals surface area contributed by atoms with Crippen molar-refractivity contribution < 1.29 is 24.5 Å². The number of hydrogen-bond acceptors (Lipinski definition) is 5. The molecule has 4 rings (SSSR count). The molecule has 0 bridgehead atoms. The Balaban J connectivity index is 1.98. The molecule has 0 aromatic heterocycles. The fraction of sp³-hybridized carbons (Fsp3) is 0.154. The van der Waals surface area contributed by atoms with Crippen molar-refractivity contribution in [3.8, 4) is 11.5 Å². The first kappa shape index (κ1) is 22.4. The number of nitrogens with zero attached hydrogens (tertiary/aromatic N) is 1. The van der Waals surface area contributed by atoms with E-state index in [2.05, 4.69) is 0 Å². The number of carbonyl (C=O) groups excluding carboxylic acids is 2. The quantitative estimate of drug-likeness (QED) is 0.301. The van der Waals surface area contributed by atoms with Gasteiger partial charge in [0.15, 0.2) is 11.5 Å². The van der Waals surface area contributed by atoms with Crippen LogP contribution >= 0.6 is 11.6 Å². The number of aromatic hydroxyl groups is 1. The SMILES string of the molecule is CCOc1cc(C2/C(=C(\O)c3ccccc3)C(=O)C(=O)N2c2ccc(Cl)cc2C)ccc1O. The summed E-state index contributed by atoms with van der Waals surface area (Å²) in [5.74, 6) is -1.70. The van der Waals surface area contributed by atoms with Gasteiger partial charge in [0.25, 0.3) is 11.7 Å². The maximum Gasteiger partial charge on any atom is 0.300 e. The number of Topliss-reactive ketones (excluding diaryl/α,β-unsaturated/α-hetero) is 1. The van der Waals surface area contributed by atoms with E-state index in [-0.39, 0.29) is 22.8 Å². The average molecular weight is 464 g/mol. The van der Waals surface area contributed by atoms with Crippen molar-refractivity contribution in [2.45, 2.75) is 19.9 Å². The van der Waals surface area contributed by atoms with E-state index >= 15 is 0 Å². The summed E-state index contributed by atoms with van der Waals surface area (Å²) in [6.07, 6.45) is 0. The van der Waals surface area contributed by atoms with Gasteiger partial charge in [0.2, 0.25) is 0 Å². The minimum Gasteiger partial charge on any atom is -0.507 e. The minimum atomic E-state index is -0.940. The topological polar surface area (TPSA) is 87.1 Å². The zero-order valence-electron chi connectivity index (χ0n) is 18.1. The number of anilines is 1. The monoisotopic (exact) mass is 463 g/mol. The van der Waals surface area contributed by atoms with E-state index in [1.165, 1.54) is 11.0 Å². The lowest BCUT2D eigenvalue weighted by Crippen LogP contribution is -2.30. The molecule has 3 aromatic carbocycles. The van der Waals surface area contributed by atoms with Gasteiger partial charge in [-0.1, -0.05) is 48.0 Å². The normalized spacial score (nSPS) is 17.4. The summed E-state index contributed by atoms with van der Waals surface area (Å²) < 4.78 is 5.52. The summed E-state index contributed by atoms with van der Waals surface area (Å²) in [4.78, 5) is 27.8. The van der Waals surface area contributed by atoms with Crippen molar-refractivity contribution in [1.82, 2.24) is 0 Å². The highest BCUT2D eigenvalue weighted by Crippen LogP contribution is 2.45. The van der Waals surface area contributed by atoms with E-state index in [1.807, 2.05) is 0 Å². The molecule has 1 fully saturated rings. The molecule has 0 spiro atoms. The Kier molecular flexibility index (Phi) is 6.11. The maximum absolute atomic E-state index is 13.3. The third-order valence-electron chi connectivity index (χ3n) is 5.51. The Bertz CT molecular complexity index is 1270. The molecule has 1 unspecified atom stereocenters. The Labute approximate surface area is 196 Å². The van der Waals surface area contributed by atoms with Crippen LogP contribution in [-0.4, -0.2) is 28.5 Å². The molecule has 0 saturated carbocycles. The number of amides is 1. The maximum atomic E-state index is 13.3. The first-order valence-electron chi connectivity index (χ1n) is 10.4. The van der Waals surface area contributed by atoms with Crippen molar-refractivity contribution in [3.05, 3.63) is 94.0 Å². The van der Waals surface area contributed by atoms with E-state index in [0.717, 1.165) is 0 Å². The number of carbonyl (C=O) groups is 2. The third-order valence-corrected chi connectivity index (χ3v) is 5.74. The van der Waals surface area contributed by atoms with Crippen molar-refractivity contribution >= 4 is 34.7 Å². The molecule has 0 aliphatic carbocycles. The second kappa shape index (κ2) is 9.00. The van der Waals surface area contributed by atoms with Gasteiger partial charge in [-0.15, -0.1) is 0 Å². The fourth-order valence-electron chi connectivity index (χ4n) is 4.01. The van der Waals surface area contributed by atoms with Crippen LogP contribution in [0.15, 0.2) is 72.3 Å². The molecule has 33 heavy (non-hydrogen) atoms. The molecular weight excluding hydrogens is 442 g/mol. The lowest BCUT2D eigenvalue weighted by molar-refractivity contribution is -0.132. The van der Waals surface area contributed by atoms with Crippen molar-refractivity contribution in [2.24, 2.45) is 0 Å². The summed E-state index contributed by atoms with van der Waals surface area (Å²) >= 11 is 6.11. The average Bonchev–Trinajstić information content (AvgIpc) is 3.06. The Morgan fingerprint density at radius 2 is 1.79 bits per heavy atom. The van der Waals surface area contributed by atoms with Crippen LogP contribution in [0.1, 0.15) is 29.7 Å². The smallest absolute Gasteiger partial charge is 0.300 e. The van der Waals surface area contributed by atoms with Gasteiger partial charge >= 0.3 is 0 Å². The zero-order valence-corrected chi connectivity index (χ0v) is 18.8. The van der Waals surface area contributed by atoms with Crippen LogP contribution in [0, 0.1) is 6.92 Å². The lowest BCUT2D eigenvalue weighted by atomic mass is 9.94. The second-order valence-electron chi connectivity index (χ2n) is 7.63. The van der Waals surface area contributed by atoms with Gasteiger partial charge in [0, 0.05) is 16.3 Å². The third kappa shape index (κ3) is 4.05. The van der Waals surface area contributed by atoms with Gasteiger partial charge in [0.05, 0.1) is 18.2 Å². The molecule has 3 aromatic rings. The van der Waals surface area contributed by atoms with Crippen molar-refractivity contribution in [2.75, 3.05) is 11.5 Å².